The first-order chi connectivity index (χ1) is 12.5. The van der Waals surface area contributed by atoms with E-state index in [0.29, 0.717) is 28.2 Å². The zero-order valence-electron chi connectivity index (χ0n) is 14.3. The van der Waals surface area contributed by atoms with Crippen molar-refractivity contribution in [3.63, 3.8) is 0 Å². The van der Waals surface area contributed by atoms with Crippen molar-refractivity contribution in [2.75, 3.05) is 16.4 Å². The molecule has 0 bridgehead atoms. The van der Waals surface area contributed by atoms with E-state index in [1.54, 1.807) is 48.5 Å². The van der Waals surface area contributed by atoms with Gasteiger partial charge in [0.05, 0.1) is 11.3 Å². The fourth-order valence-electron chi connectivity index (χ4n) is 2.50. The summed E-state index contributed by atoms with van der Waals surface area (Å²) in [6, 6.07) is 21.0. The number of anilines is 3. The lowest BCUT2D eigenvalue weighted by molar-refractivity contribution is 0.102. The van der Waals surface area contributed by atoms with Crippen LogP contribution in [0.4, 0.5) is 17.1 Å². The van der Waals surface area contributed by atoms with Crippen LogP contribution in [0.3, 0.4) is 0 Å². The molecule has 3 aromatic carbocycles. The molecule has 0 aromatic heterocycles. The molecule has 26 heavy (non-hydrogen) atoms. The van der Waals surface area contributed by atoms with Gasteiger partial charge in [-0.15, -0.1) is 0 Å². The molecule has 0 aliphatic rings. The fourth-order valence-corrected chi connectivity index (χ4v) is 2.50. The summed E-state index contributed by atoms with van der Waals surface area (Å²) in [4.78, 5) is 25.0. The number of para-hydroxylation sites is 1. The van der Waals surface area contributed by atoms with Crippen LogP contribution in [0.5, 0.6) is 0 Å². The Bertz CT molecular complexity index is 949. The van der Waals surface area contributed by atoms with E-state index in [0.717, 1.165) is 5.56 Å². The monoisotopic (exact) mass is 345 g/mol. The van der Waals surface area contributed by atoms with E-state index in [-0.39, 0.29) is 11.8 Å². The number of nitrogens with one attached hydrogen (secondary N) is 2. The van der Waals surface area contributed by atoms with Crippen LogP contribution in [-0.4, -0.2) is 11.8 Å². The Labute approximate surface area is 151 Å². The zero-order valence-corrected chi connectivity index (χ0v) is 14.3. The molecule has 3 rings (SSSR count). The van der Waals surface area contributed by atoms with Crippen molar-refractivity contribution < 1.29 is 9.59 Å². The Morgan fingerprint density at radius 1 is 0.808 bits per heavy atom. The summed E-state index contributed by atoms with van der Waals surface area (Å²) < 4.78 is 0. The normalized spacial score (nSPS) is 10.2. The largest absolute Gasteiger partial charge is 0.399 e. The fraction of sp³-hybridized carbons (Fsp3) is 0.0476. The molecule has 0 saturated carbocycles. The maximum atomic E-state index is 12.6. The van der Waals surface area contributed by atoms with Crippen LogP contribution in [0.1, 0.15) is 26.3 Å². The molecule has 0 spiro atoms. The van der Waals surface area contributed by atoms with Gasteiger partial charge in [-0.05, 0) is 49.4 Å². The minimum Gasteiger partial charge on any atom is -0.399 e. The van der Waals surface area contributed by atoms with E-state index < -0.39 is 0 Å². The van der Waals surface area contributed by atoms with Crippen molar-refractivity contribution >= 4 is 28.9 Å². The van der Waals surface area contributed by atoms with E-state index >= 15 is 0 Å². The molecule has 0 unspecified atom stereocenters. The molecule has 0 radical (unpaired) electrons. The second-order valence-electron chi connectivity index (χ2n) is 5.95. The van der Waals surface area contributed by atoms with Crippen molar-refractivity contribution in [2.45, 2.75) is 6.92 Å². The Hall–Kier alpha value is -3.60. The molecular weight excluding hydrogens is 326 g/mol. The summed E-state index contributed by atoms with van der Waals surface area (Å²) in [6.45, 7) is 1.98. The lowest BCUT2D eigenvalue weighted by atomic mass is 10.1. The number of carbonyl (C=O) groups excluding carboxylic acids is 2. The Morgan fingerprint density at radius 3 is 2.27 bits per heavy atom. The molecule has 0 fully saturated rings. The number of nitrogen functional groups attached to an aromatic ring is 1. The summed E-state index contributed by atoms with van der Waals surface area (Å²) in [7, 11) is 0. The molecule has 5 nitrogen and oxygen atoms in total. The van der Waals surface area contributed by atoms with Gasteiger partial charge in [0.15, 0.2) is 0 Å². The maximum absolute atomic E-state index is 12.6. The summed E-state index contributed by atoms with van der Waals surface area (Å²) >= 11 is 0. The lowest BCUT2D eigenvalue weighted by Gasteiger charge is -2.12. The van der Waals surface area contributed by atoms with Crippen molar-refractivity contribution in [3.05, 3.63) is 89.5 Å². The lowest BCUT2D eigenvalue weighted by Crippen LogP contribution is -2.18. The molecule has 4 N–H and O–H groups in total. The quantitative estimate of drug-likeness (QED) is 0.623. The molecular formula is C21H19N3O2. The zero-order chi connectivity index (χ0) is 18.5. The van der Waals surface area contributed by atoms with Gasteiger partial charge >= 0.3 is 0 Å². The molecule has 0 saturated heterocycles. The first-order valence-electron chi connectivity index (χ1n) is 8.17. The topological polar surface area (TPSA) is 84.2 Å². The summed E-state index contributed by atoms with van der Waals surface area (Å²) in [5.74, 6) is -0.620. The summed E-state index contributed by atoms with van der Waals surface area (Å²) in [6.07, 6.45) is 0. The van der Waals surface area contributed by atoms with Gasteiger partial charge in [-0.1, -0.05) is 35.9 Å². The number of benzene rings is 3. The third-order valence-electron chi connectivity index (χ3n) is 3.88. The average Bonchev–Trinajstić information content (AvgIpc) is 2.64. The third-order valence-corrected chi connectivity index (χ3v) is 3.88. The van der Waals surface area contributed by atoms with Gasteiger partial charge in [0.25, 0.3) is 11.8 Å². The van der Waals surface area contributed by atoms with Crippen LogP contribution in [0.2, 0.25) is 0 Å². The van der Waals surface area contributed by atoms with Gasteiger partial charge in [-0.25, -0.2) is 0 Å². The molecule has 3 aromatic rings. The standard InChI is InChI=1S/C21H19N3O2/c1-14-9-11-17(12-10-14)23-21(26)18-7-2-3-8-19(18)24-20(25)15-5-4-6-16(22)13-15/h2-13H,22H2,1H3,(H,23,26)(H,24,25). The van der Waals surface area contributed by atoms with Crippen LogP contribution in [-0.2, 0) is 0 Å². The average molecular weight is 345 g/mol. The van der Waals surface area contributed by atoms with Crippen LogP contribution in [0.25, 0.3) is 0 Å². The maximum Gasteiger partial charge on any atom is 0.257 e. The predicted molar refractivity (Wildman–Crippen MR) is 104 cm³/mol. The smallest absolute Gasteiger partial charge is 0.257 e. The van der Waals surface area contributed by atoms with Gasteiger partial charge < -0.3 is 16.4 Å². The highest BCUT2D eigenvalue weighted by molar-refractivity contribution is 6.12. The minimum atomic E-state index is -0.326. The van der Waals surface area contributed by atoms with Gasteiger partial charge in [0.1, 0.15) is 0 Å². The molecule has 5 heteroatoms. The second-order valence-corrected chi connectivity index (χ2v) is 5.95. The van der Waals surface area contributed by atoms with Crippen LogP contribution < -0.4 is 16.4 Å². The Kier molecular flexibility index (Phi) is 4.99. The number of amides is 2. The van der Waals surface area contributed by atoms with Gasteiger partial charge in [-0.2, -0.15) is 0 Å². The van der Waals surface area contributed by atoms with E-state index in [2.05, 4.69) is 10.6 Å². The summed E-state index contributed by atoms with van der Waals surface area (Å²) in [5, 5.41) is 5.61. The SMILES string of the molecule is Cc1ccc(NC(=O)c2ccccc2NC(=O)c2cccc(N)c2)cc1. The number of nitrogens with two attached hydrogens (primary N) is 1. The first-order valence-corrected chi connectivity index (χ1v) is 8.17. The van der Waals surface area contributed by atoms with Gasteiger partial charge in [0, 0.05) is 16.9 Å². The van der Waals surface area contributed by atoms with Crippen molar-refractivity contribution in [2.24, 2.45) is 0 Å². The number of hydrogen-bond acceptors (Lipinski definition) is 3. The summed E-state index contributed by atoms with van der Waals surface area (Å²) in [5.41, 5.74) is 9.27. The first kappa shape index (κ1) is 17.2. The van der Waals surface area contributed by atoms with Crippen molar-refractivity contribution in [1.82, 2.24) is 0 Å². The van der Waals surface area contributed by atoms with E-state index in [1.165, 1.54) is 0 Å². The molecule has 0 aliphatic carbocycles. The third kappa shape index (κ3) is 4.08. The van der Waals surface area contributed by atoms with Crippen LogP contribution in [0, 0.1) is 6.92 Å². The number of rotatable bonds is 4. The minimum absolute atomic E-state index is 0.294. The molecule has 0 heterocycles. The number of carbonyl (C=O) groups is 2. The Morgan fingerprint density at radius 2 is 1.54 bits per heavy atom. The second kappa shape index (κ2) is 7.53. The van der Waals surface area contributed by atoms with E-state index in [9.17, 15) is 9.59 Å². The van der Waals surface area contributed by atoms with E-state index in [1.807, 2.05) is 31.2 Å². The van der Waals surface area contributed by atoms with Crippen LogP contribution >= 0.6 is 0 Å². The molecule has 0 aliphatic heterocycles. The Balaban J connectivity index is 1.80. The highest BCUT2D eigenvalue weighted by Gasteiger charge is 2.14. The van der Waals surface area contributed by atoms with Gasteiger partial charge in [0.2, 0.25) is 0 Å². The highest BCUT2D eigenvalue weighted by atomic mass is 16.2. The molecule has 130 valence electrons. The van der Waals surface area contributed by atoms with Gasteiger partial charge in [-0.3, -0.25) is 9.59 Å². The molecule has 2 amide bonds. The van der Waals surface area contributed by atoms with Crippen LogP contribution in [0.15, 0.2) is 72.8 Å². The molecule has 0 atom stereocenters. The highest BCUT2D eigenvalue weighted by Crippen LogP contribution is 2.19. The van der Waals surface area contributed by atoms with Crippen molar-refractivity contribution in [1.29, 1.82) is 0 Å². The van der Waals surface area contributed by atoms with E-state index in [4.69, 9.17) is 5.73 Å². The number of aryl methyl sites for hydroxylation is 1. The number of hydrogen-bond donors (Lipinski definition) is 3. The van der Waals surface area contributed by atoms with Crippen molar-refractivity contribution in [3.8, 4) is 0 Å². The predicted octanol–water partition coefficient (Wildman–Crippen LogP) is 4.08.